The number of rotatable bonds is 5. The van der Waals surface area contributed by atoms with Crippen LogP contribution in [-0.4, -0.2) is 47.2 Å². The van der Waals surface area contributed by atoms with Crippen LogP contribution in [0.1, 0.15) is 17.6 Å². The number of aromatic hydroxyl groups is 1. The molecule has 218 valence electrons. The Morgan fingerprint density at radius 1 is 0.721 bits per heavy atom. The molecule has 4 heterocycles. The van der Waals surface area contributed by atoms with Gasteiger partial charge in [0.1, 0.15) is 23.3 Å². The number of phenolic OH excluding ortho intramolecular Hbond substituents is 1. The minimum atomic E-state index is -1.07. The zero-order valence-electron chi connectivity index (χ0n) is 23.2. The van der Waals surface area contributed by atoms with E-state index in [0.29, 0.717) is 22.7 Å². The molecular formula is C30H26N6O7. The average Bonchev–Trinajstić information content (AvgIpc) is 3.44. The fourth-order valence-electron chi connectivity index (χ4n) is 6.16. The predicted octanol–water partition coefficient (Wildman–Crippen LogP) is 1.42. The molecule has 0 saturated carbocycles. The molecule has 0 amide bonds. The molecule has 0 bridgehead atoms. The van der Waals surface area contributed by atoms with Gasteiger partial charge in [-0.3, -0.25) is 0 Å². The van der Waals surface area contributed by atoms with Crippen LogP contribution in [0.5, 0.6) is 17.2 Å². The van der Waals surface area contributed by atoms with Crippen LogP contribution in [0.3, 0.4) is 0 Å². The summed E-state index contributed by atoms with van der Waals surface area (Å²) in [6.07, 6.45) is 1.76. The van der Waals surface area contributed by atoms with Crippen LogP contribution in [0.25, 0.3) is 11.4 Å². The highest BCUT2D eigenvalue weighted by molar-refractivity contribution is 5.55. The van der Waals surface area contributed by atoms with E-state index in [2.05, 4.69) is 0 Å². The van der Waals surface area contributed by atoms with Gasteiger partial charge in [-0.25, -0.2) is 47.0 Å². The molecule has 43 heavy (non-hydrogen) atoms. The van der Waals surface area contributed by atoms with Crippen LogP contribution in [0.4, 0.5) is 0 Å². The second-order valence-corrected chi connectivity index (χ2v) is 10.2. The molecule has 0 saturated heterocycles. The van der Waals surface area contributed by atoms with Gasteiger partial charge < -0.3 is 14.6 Å². The molecule has 3 aromatic carbocycles. The fourth-order valence-corrected chi connectivity index (χ4v) is 6.16. The monoisotopic (exact) mass is 582 g/mol. The number of aromatic nitrogens is 6. The van der Waals surface area contributed by atoms with Crippen molar-refractivity contribution in [1.29, 1.82) is 0 Å². The Hall–Kier alpha value is -5.72. The SMILES string of the molecule is COc1cc(O)c([C@H]2C3=CCn4c(=O)n(-c5ccccc5)c(=O)n4[C@@H]3Cn3c(=O)n(-c4ccccc4)c(=O)n32)c(OC)c1. The Balaban J connectivity index is 1.53. The molecule has 1 N–H and O–H groups in total. The number of hydrogen-bond acceptors (Lipinski definition) is 7. The number of benzene rings is 3. The number of para-hydroxylation sites is 2. The van der Waals surface area contributed by atoms with E-state index in [-0.39, 0.29) is 30.2 Å². The quantitative estimate of drug-likeness (QED) is 0.310. The van der Waals surface area contributed by atoms with Crippen LogP contribution in [0, 0.1) is 0 Å². The predicted molar refractivity (Wildman–Crippen MR) is 155 cm³/mol. The van der Waals surface area contributed by atoms with Crippen molar-refractivity contribution < 1.29 is 14.6 Å². The summed E-state index contributed by atoms with van der Waals surface area (Å²) >= 11 is 0. The van der Waals surface area contributed by atoms with Gasteiger partial charge in [0.05, 0.1) is 50.3 Å². The van der Waals surface area contributed by atoms with Crippen LogP contribution in [0.15, 0.2) is 104 Å². The van der Waals surface area contributed by atoms with E-state index in [1.807, 2.05) is 0 Å². The van der Waals surface area contributed by atoms with Gasteiger partial charge in [0.25, 0.3) is 0 Å². The molecule has 13 heteroatoms. The van der Waals surface area contributed by atoms with Crippen molar-refractivity contribution in [3.8, 4) is 28.6 Å². The second-order valence-electron chi connectivity index (χ2n) is 10.2. The van der Waals surface area contributed by atoms with E-state index in [0.717, 1.165) is 9.13 Å². The Bertz CT molecular complexity index is 2160. The third-order valence-corrected chi connectivity index (χ3v) is 8.06. The lowest BCUT2D eigenvalue weighted by molar-refractivity contribution is 0.241. The smallest absolute Gasteiger partial charge is 0.352 e. The first-order chi connectivity index (χ1) is 20.8. The maximum Gasteiger partial charge on any atom is 0.352 e. The maximum absolute atomic E-state index is 14.1. The highest BCUT2D eigenvalue weighted by atomic mass is 16.5. The molecule has 2 aromatic heterocycles. The van der Waals surface area contributed by atoms with Crippen LogP contribution < -0.4 is 32.2 Å². The molecular weight excluding hydrogens is 556 g/mol. The largest absolute Gasteiger partial charge is 0.507 e. The summed E-state index contributed by atoms with van der Waals surface area (Å²) in [5.74, 6) is 0.289. The van der Waals surface area contributed by atoms with Gasteiger partial charge in [0.2, 0.25) is 0 Å². The summed E-state index contributed by atoms with van der Waals surface area (Å²) in [6, 6.07) is 18.1. The molecule has 0 aliphatic carbocycles. The number of fused-ring (bicyclic) bond motifs is 4. The third-order valence-electron chi connectivity index (χ3n) is 8.06. The molecule has 5 aromatic rings. The first kappa shape index (κ1) is 26.2. The standard InChI is InChI=1S/C30H26N6O7/c1-42-20-15-23(37)25(24(16-20)43-2)26-21-13-14-31-27(38)33(18-9-5-3-6-10-18)29(40)35(31)22(21)17-32-28(39)34(30(41)36(26)32)19-11-7-4-8-12-19/h3-13,15-16,22,26,37H,14,17H2,1-2H3/t22-,26-/m1/s1. The molecule has 2 aliphatic heterocycles. The van der Waals surface area contributed by atoms with Crippen molar-refractivity contribution in [2.75, 3.05) is 14.2 Å². The van der Waals surface area contributed by atoms with E-state index in [9.17, 15) is 24.3 Å². The van der Waals surface area contributed by atoms with Crippen molar-refractivity contribution in [2.24, 2.45) is 0 Å². The van der Waals surface area contributed by atoms with Crippen molar-refractivity contribution in [3.05, 3.63) is 132 Å². The Morgan fingerprint density at radius 3 is 1.88 bits per heavy atom. The lowest BCUT2D eigenvalue weighted by atomic mass is 9.89. The Labute approximate surface area is 242 Å². The van der Waals surface area contributed by atoms with Gasteiger partial charge in [-0.05, 0) is 29.8 Å². The highest BCUT2D eigenvalue weighted by Gasteiger charge is 2.43. The molecule has 13 nitrogen and oxygen atoms in total. The first-order valence-corrected chi connectivity index (χ1v) is 13.5. The molecule has 0 radical (unpaired) electrons. The number of phenols is 1. The van der Waals surface area contributed by atoms with Crippen LogP contribution >= 0.6 is 0 Å². The van der Waals surface area contributed by atoms with Gasteiger partial charge in [0, 0.05) is 12.1 Å². The molecule has 0 fully saturated rings. The van der Waals surface area contributed by atoms with E-state index >= 15 is 0 Å². The minimum Gasteiger partial charge on any atom is -0.507 e. The first-order valence-electron chi connectivity index (χ1n) is 13.5. The number of ether oxygens (including phenoxy) is 2. The second kappa shape index (κ2) is 9.69. The van der Waals surface area contributed by atoms with Crippen molar-refractivity contribution in [3.63, 3.8) is 0 Å². The number of allylic oxidation sites excluding steroid dienone is 2. The topological polar surface area (TPSA) is 137 Å². The minimum absolute atomic E-state index is 0.0217. The summed E-state index contributed by atoms with van der Waals surface area (Å²) in [4.78, 5) is 55.5. The van der Waals surface area contributed by atoms with Crippen molar-refractivity contribution >= 4 is 0 Å². The normalized spacial score (nSPS) is 17.0. The maximum atomic E-state index is 14.1. The van der Waals surface area contributed by atoms with Crippen LogP contribution in [0.2, 0.25) is 0 Å². The van der Waals surface area contributed by atoms with Gasteiger partial charge in [-0.2, -0.15) is 0 Å². The zero-order chi connectivity index (χ0) is 30.0. The molecule has 0 unspecified atom stereocenters. The summed E-state index contributed by atoms with van der Waals surface area (Å²) in [5, 5.41) is 11.3. The molecule has 2 aliphatic rings. The molecule has 7 rings (SSSR count). The summed E-state index contributed by atoms with van der Waals surface area (Å²) in [6.45, 7) is -0.0958. The fraction of sp³-hybridized carbons (Fsp3) is 0.200. The Kier molecular flexibility index (Phi) is 5.90. The summed E-state index contributed by atoms with van der Waals surface area (Å²) < 4.78 is 18.2. The average molecular weight is 583 g/mol. The lowest BCUT2D eigenvalue weighted by Crippen LogP contribution is -2.47. The van der Waals surface area contributed by atoms with Gasteiger partial charge in [0.15, 0.2) is 0 Å². The van der Waals surface area contributed by atoms with E-state index < -0.39 is 34.8 Å². The number of nitrogens with zero attached hydrogens (tertiary/aromatic N) is 6. The Morgan fingerprint density at radius 2 is 1.30 bits per heavy atom. The van der Waals surface area contributed by atoms with E-state index in [4.69, 9.17) is 9.47 Å². The summed E-state index contributed by atoms with van der Waals surface area (Å²) in [7, 11) is 2.86. The third kappa shape index (κ3) is 3.70. The van der Waals surface area contributed by atoms with Crippen molar-refractivity contribution in [2.45, 2.75) is 25.2 Å². The van der Waals surface area contributed by atoms with Gasteiger partial charge in [-0.15, -0.1) is 0 Å². The van der Waals surface area contributed by atoms with E-state index in [1.54, 1.807) is 72.8 Å². The lowest BCUT2D eigenvalue weighted by Gasteiger charge is -2.38. The van der Waals surface area contributed by atoms with E-state index in [1.165, 1.54) is 39.0 Å². The zero-order valence-corrected chi connectivity index (χ0v) is 23.2. The summed E-state index contributed by atoms with van der Waals surface area (Å²) in [5.41, 5.74) is -0.910. The molecule has 0 spiro atoms. The van der Waals surface area contributed by atoms with Gasteiger partial charge in [-0.1, -0.05) is 42.5 Å². The highest BCUT2D eigenvalue weighted by Crippen LogP contribution is 2.46. The van der Waals surface area contributed by atoms with Crippen LogP contribution in [-0.2, 0) is 13.1 Å². The number of methoxy groups -OCH3 is 2. The number of hydrogen-bond donors (Lipinski definition) is 1. The van der Waals surface area contributed by atoms with Crippen molar-refractivity contribution in [1.82, 2.24) is 27.9 Å². The van der Waals surface area contributed by atoms with Gasteiger partial charge >= 0.3 is 22.8 Å². The molecule has 2 atom stereocenters.